The van der Waals surface area contributed by atoms with Crippen LogP contribution in [0, 0.1) is 5.92 Å². The van der Waals surface area contributed by atoms with Gasteiger partial charge in [0.1, 0.15) is 48.3 Å². The van der Waals surface area contributed by atoms with E-state index in [2.05, 4.69) is 36.6 Å². The normalized spacial score (nSPS) is 25.5. The number of benzene rings is 3. The predicted molar refractivity (Wildman–Crippen MR) is 381 cm³/mol. The molecule has 0 bridgehead atoms. The molecule has 3 aromatic carbocycles. The zero-order chi connectivity index (χ0) is 74.3. The number of aromatic amines is 2. The number of imide groups is 1. The lowest BCUT2D eigenvalue weighted by Crippen LogP contribution is -2.62. The first-order chi connectivity index (χ1) is 49.4. The van der Waals surface area contributed by atoms with Crippen molar-refractivity contribution in [1.82, 2.24) is 70.9 Å². The topological polar surface area (TPSA) is 369 Å². The molecule has 0 unspecified atom stereocenters. The number of hydrogen-bond donors (Lipinski definition) is 9. The Morgan fingerprint density at radius 2 is 1.24 bits per heavy atom. The first-order valence-corrected chi connectivity index (χ1v) is 35.9. The summed E-state index contributed by atoms with van der Waals surface area (Å²) >= 11 is 6.48. The number of carbonyl (C=O) groups is 12. The molecule has 0 saturated carbocycles. The van der Waals surface area contributed by atoms with E-state index in [0.29, 0.717) is 75.9 Å². The van der Waals surface area contributed by atoms with Crippen LogP contribution >= 0.6 is 11.6 Å². The van der Waals surface area contributed by atoms with Crippen LogP contribution in [0.25, 0.3) is 21.8 Å². The molecule has 9 rings (SSSR count). The summed E-state index contributed by atoms with van der Waals surface area (Å²) in [6, 6.07) is 6.99. The van der Waals surface area contributed by atoms with E-state index >= 15 is 19.2 Å². The zero-order valence-corrected chi connectivity index (χ0v) is 60.2. The Labute approximate surface area is 603 Å². The number of rotatable bonds is 14. The number of fused-ring (bicyclic) bond motifs is 4. The molecule has 30 heteroatoms. The minimum Gasteiger partial charge on any atom is -0.394 e. The molecule has 11 atom stereocenters. The summed E-state index contributed by atoms with van der Waals surface area (Å²) in [5.41, 5.74) is 3.03. The Bertz CT molecular complexity index is 3920. The van der Waals surface area contributed by atoms with Crippen LogP contribution < -0.4 is 26.6 Å². The van der Waals surface area contributed by atoms with E-state index in [0.717, 1.165) is 26.0 Å². The molecule has 4 saturated heterocycles. The van der Waals surface area contributed by atoms with Crippen LogP contribution in [0.1, 0.15) is 102 Å². The van der Waals surface area contributed by atoms with Crippen molar-refractivity contribution in [3.05, 3.63) is 107 Å². The van der Waals surface area contributed by atoms with Crippen LogP contribution in [0.4, 0.5) is 4.79 Å². The van der Waals surface area contributed by atoms with Crippen molar-refractivity contribution >= 4 is 104 Å². The molecular formula is C73H97ClN14O15. The number of carbonyl (C=O) groups excluding carboxylic acids is 12. The molecule has 5 aromatic rings. The summed E-state index contributed by atoms with van der Waals surface area (Å²) < 4.78 is 5.96. The molecule has 556 valence electrons. The number of amides is 13. The lowest BCUT2D eigenvalue weighted by molar-refractivity contribution is -0.146. The maximum atomic E-state index is 15.5. The minimum atomic E-state index is -1.80. The second-order valence-corrected chi connectivity index (χ2v) is 27.6. The SMILES string of the molecule is CCO[C@@H]1C[C@H]2C(=O)N[C@@H]([C@@H](C)CC)C(=O)N(C)[C@@H](Cc3cccc(Cl)c3)C(=O)N[C@@H](CO)C(=O)N[C@@H](Cc3c[nH]c4ccccc34)C(=O)N[C@@H](Cc3c[nH]c4ccccc34)C(=O)N3CCC[C@H]3C(=O)N(C)C(=O)N[C@H](C(=O)N3CCCCC3)CC(=O)N(CC)CC(=O)N(C)[C@@H](CO)CC(=O)N2C1. The van der Waals surface area contributed by atoms with Crippen molar-refractivity contribution in [2.45, 2.75) is 165 Å². The molecule has 29 nitrogen and oxygen atoms in total. The number of aliphatic hydroxyl groups is 2. The largest absolute Gasteiger partial charge is 0.394 e. The summed E-state index contributed by atoms with van der Waals surface area (Å²) in [5, 5.41) is 37.4. The lowest BCUT2D eigenvalue weighted by Gasteiger charge is -2.35. The van der Waals surface area contributed by atoms with E-state index in [4.69, 9.17) is 16.3 Å². The number of halogens is 1. The fourth-order valence-corrected chi connectivity index (χ4v) is 14.3. The molecule has 4 aliphatic rings. The van der Waals surface area contributed by atoms with Gasteiger partial charge in [-0.3, -0.25) is 57.6 Å². The smallest absolute Gasteiger partial charge is 0.324 e. The van der Waals surface area contributed by atoms with E-state index in [1.807, 2.05) is 24.3 Å². The van der Waals surface area contributed by atoms with Gasteiger partial charge in [-0.1, -0.05) is 80.4 Å². The van der Waals surface area contributed by atoms with Gasteiger partial charge >= 0.3 is 6.03 Å². The highest BCUT2D eigenvalue weighted by Gasteiger charge is 2.46. The number of H-pyrrole nitrogens is 2. The van der Waals surface area contributed by atoms with Crippen LogP contribution in [0.3, 0.4) is 0 Å². The van der Waals surface area contributed by atoms with Crippen LogP contribution in [-0.2, 0) is 76.7 Å². The Morgan fingerprint density at radius 3 is 1.86 bits per heavy atom. The van der Waals surface area contributed by atoms with Crippen molar-refractivity contribution in [2.75, 3.05) is 80.2 Å². The number of para-hydroxylation sites is 2. The van der Waals surface area contributed by atoms with E-state index < -0.39 is 170 Å². The van der Waals surface area contributed by atoms with E-state index in [-0.39, 0.29) is 64.8 Å². The maximum absolute atomic E-state index is 15.5. The van der Waals surface area contributed by atoms with Gasteiger partial charge in [0.25, 0.3) is 5.91 Å². The van der Waals surface area contributed by atoms with E-state index in [9.17, 15) is 48.6 Å². The maximum Gasteiger partial charge on any atom is 0.324 e. The van der Waals surface area contributed by atoms with Crippen molar-refractivity contribution < 1.29 is 72.5 Å². The number of nitrogens with zero attached hydrogens (tertiary/aromatic N) is 7. The van der Waals surface area contributed by atoms with Gasteiger partial charge in [-0.2, -0.15) is 0 Å². The highest BCUT2D eigenvalue weighted by atomic mass is 35.5. The predicted octanol–water partition coefficient (Wildman–Crippen LogP) is 2.14. The molecule has 0 aliphatic carbocycles. The second-order valence-electron chi connectivity index (χ2n) is 27.2. The second kappa shape index (κ2) is 35.6. The standard InChI is InChI=1S/C73H97ClN14O15/c1-8-43(4)64-72(101)83(6)59(31-44-20-18-21-47(74)30-44)67(96)79-57(42-90)66(95)77-54(32-45-37-75-52-24-14-12-22-50(45)52)65(94)78-55(33-46-38-76-53-25-15-13-23-51(46)53)70(99)87-29-19-26-58(87)71(100)84(7)73(102)80-56(69(98)86-27-16-11-17-28-86)36-61(91)85(9-2)40-63(93)82(5)48(41-89)34-62(92)88-39-49(103-10-3)35-60(88)68(97)81-64/h12-15,18,20-25,30,37-38,43,48-49,54-60,64,75-76,89-90H,8-11,16-17,19,26-29,31-36,39-42H2,1-7H3,(H,77,95)(H,78,94)(H,79,96)(H,80,102)(H,81,97)/t43-,48+,49+,54-,55-,56-,57-,58-,59-,60-,64-/m0/s1. The third-order valence-electron chi connectivity index (χ3n) is 20.5. The van der Waals surface area contributed by atoms with E-state index in [1.54, 1.807) is 88.6 Å². The quantitative estimate of drug-likeness (QED) is 0.0769. The number of aromatic nitrogens is 2. The Morgan fingerprint density at radius 1 is 0.612 bits per heavy atom. The molecule has 9 N–H and O–H groups in total. The van der Waals surface area contributed by atoms with Gasteiger partial charge in [-0.15, -0.1) is 0 Å². The van der Waals surface area contributed by atoms with Gasteiger partial charge in [0.2, 0.25) is 59.1 Å². The number of aliphatic hydroxyl groups excluding tert-OH is 2. The fourth-order valence-electron chi connectivity index (χ4n) is 14.1. The number of ether oxygens (including phenoxy) is 1. The molecule has 0 spiro atoms. The van der Waals surface area contributed by atoms with Gasteiger partial charge in [0, 0.05) is 132 Å². The van der Waals surface area contributed by atoms with Gasteiger partial charge in [-0.25, -0.2) is 4.79 Å². The number of likely N-dealkylation sites (tertiary alicyclic amines) is 1. The first kappa shape index (κ1) is 77.7. The third-order valence-corrected chi connectivity index (χ3v) is 20.7. The van der Waals surface area contributed by atoms with Gasteiger partial charge in [0.15, 0.2) is 0 Å². The Kier molecular flexibility index (Phi) is 26.9. The van der Waals surface area contributed by atoms with Crippen LogP contribution in [-0.4, -0.2) is 266 Å². The molecule has 103 heavy (non-hydrogen) atoms. The van der Waals surface area contributed by atoms with Crippen LogP contribution in [0.2, 0.25) is 5.02 Å². The lowest BCUT2D eigenvalue weighted by atomic mass is 9.95. The number of likely N-dealkylation sites (N-methyl/N-ethyl adjacent to an activating group) is 4. The molecule has 0 radical (unpaired) electrons. The minimum absolute atomic E-state index is 0.00114. The number of nitrogens with one attached hydrogen (secondary N) is 7. The van der Waals surface area contributed by atoms with Gasteiger partial charge in [0.05, 0.1) is 38.3 Å². The first-order valence-electron chi connectivity index (χ1n) is 35.5. The average Bonchev–Trinajstić information content (AvgIpc) is 1.73. The molecular weight excluding hydrogens is 1350 g/mol. The molecule has 2 aromatic heterocycles. The highest BCUT2D eigenvalue weighted by Crippen LogP contribution is 2.28. The number of hydrogen-bond acceptors (Lipinski definition) is 15. The fraction of sp³-hybridized carbons (Fsp3) is 0.534. The average molecular weight is 1450 g/mol. The van der Waals surface area contributed by atoms with E-state index in [1.165, 1.54) is 35.8 Å². The Balaban J connectivity index is 1.10. The number of urea groups is 1. The zero-order valence-electron chi connectivity index (χ0n) is 59.5. The highest BCUT2D eigenvalue weighted by molar-refractivity contribution is 6.30. The van der Waals surface area contributed by atoms with Crippen LogP contribution in [0.15, 0.2) is 85.2 Å². The summed E-state index contributed by atoms with van der Waals surface area (Å²) in [6.45, 7) is 5.21. The molecule has 4 fully saturated rings. The monoisotopic (exact) mass is 1440 g/mol. The van der Waals surface area contributed by atoms with Gasteiger partial charge in [-0.05, 0) is 92.8 Å². The molecule has 6 heterocycles. The van der Waals surface area contributed by atoms with Gasteiger partial charge < -0.3 is 80.9 Å². The molecule has 13 amide bonds. The van der Waals surface area contributed by atoms with Crippen molar-refractivity contribution in [3.8, 4) is 0 Å². The van der Waals surface area contributed by atoms with Crippen LogP contribution in [0.5, 0.6) is 0 Å². The molecule has 4 aliphatic heterocycles. The summed E-state index contributed by atoms with van der Waals surface area (Å²) in [7, 11) is 3.87. The van der Waals surface area contributed by atoms with Crippen molar-refractivity contribution in [3.63, 3.8) is 0 Å². The number of piperidine rings is 1. The van der Waals surface area contributed by atoms with Crippen molar-refractivity contribution in [1.29, 1.82) is 0 Å². The summed E-state index contributed by atoms with van der Waals surface area (Å²) in [4.78, 5) is 193. The Hall–Kier alpha value is -9.45. The third kappa shape index (κ3) is 18.7. The van der Waals surface area contributed by atoms with Crippen molar-refractivity contribution in [2.24, 2.45) is 5.92 Å². The summed E-state index contributed by atoms with van der Waals surface area (Å²) in [5.74, 6) is -9.27. The summed E-state index contributed by atoms with van der Waals surface area (Å²) in [6.07, 6.45) is 3.74.